The molecule has 4 aromatic rings. The van der Waals surface area contributed by atoms with Crippen LogP contribution in [-0.4, -0.2) is 17.6 Å². The first-order valence-electron chi connectivity index (χ1n) is 9.03. The van der Waals surface area contributed by atoms with Crippen LogP contribution in [0.4, 0.5) is 0 Å². The van der Waals surface area contributed by atoms with Crippen LogP contribution >= 0.6 is 11.3 Å². The largest absolute Gasteiger partial charge is 0.462 e. The Morgan fingerprint density at radius 1 is 1.17 bits per heavy atom. The normalized spacial score (nSPS) is 11.4. The van der Waals surface area contributed by atoms with Crippen molar-refractivity contribution in [2.45, 2.75) is 6.92 Å². The lowest BCUT2D eigenvalue weighted by molar-refractivity contribution is 0.0526. The van der Waals surface area contributed by atoms with Gasteiger partial charge in [0, 0.05) is 11.6 Å². The Balaban J connectivity index is 1.59. The molecule has 0 bridgehead atoms. The van der Waals surface area contributed by atoms with E-state index in [4.69, 9.17) is 9.15 Å². The number of hydrogen-bond donors (Lipinski definition) is 0. The van der Waals surface area contributed by atoms with Crippen LogP contribution in [0.25, 0.3) is 33.2 Å². The number of rotatable bonds is 5. The molecule has 4 rings (SSSR count). The van der Waals surface area contributed by atoms with E-state index in [-0.39, 0.29) is 5.97 Å². The summed E-state index contributed by atoms with van der Waals surface area (Å²) >= 11 is 1.47. The first-order chi connectivity index (χ1) is 14.2. The highest BCUT2D eigenvalue weighted by molar-refractivity contribution is 7.19. The summed E-state index contributed by atoms with van der Waals surface area (Å²) in [4.78, 5) is 16.3. The minimum absolute atomic E-state index is 0.338. The molecule has 0 amide bonds. The average molecular weight is 400 g/mol. The highest BCUT2D eigenvalue weighted by Crippen LogP contribution is 2.29. The van der Waals surface area contributed by atoms with Crippen molar-refractivity contribution < 1.29 is 13.9 Å². The third kappa shape index (κ3) is 3.96. The highest BCUT2D eigenvalue weighted by Gasteiger charge is 2.11. The third-order valence-corrected chi connectivity index (χ3v) is 5.31. The zero-order valence-electron chi connectivity index (χ0n) is 15.6. The summed E-state index contributed by atoms with van der Waals surface area (Å²) in [7, 11) is 0. The van der Waals surface area contributed by atoms with Gasteiger partial charge in [-0.15, -0.1) is 11.3 Å². The van der Waals surface area contributed by atoms with Gasteiger partial charge < -0.3 is 9.15 Å². The standard InChI is InChI=1S/C23H16N2O3S/c1-2-27-23(26)16-9-7-15(8-10-16)20-12-11-18(28-20)13-17(14-24)22-25-19-5-3-4-6-21(19)29-22/h3-13H,2H2,1H3/b17-13+. The Kier molecular flexibility index (Phi) is 5.23. The number of nitrogens with zero attached hydrogens (tertiary/aromatic N) is 2. The number of carbonyl (C=O) groups is 1. The van der Waals surface area contributed by atoms with Gasteiger partial charge in [-0.25, -0.2) is 9.78 Å². The number of thiazole rings is 1. The van der Waals surface area contributed by atoms with Crippen molar-refractivity contribution in [1.82, 2.24) is 4.98 Å². The van der Waals surface area contributed by atoms with E-state index < -0.39 is 0 Å². The second-order valence-electron chi connectivity index (χ2n) is 6.16. The Hall–Kier alpha value is -3.69. The topological polar surface area (TPSA) is 76.1 Å². The molecule has 0 fully saturated rings. The molecule has 0 radical (unpaired) electrons. The Bertz CT molecular complexity index is 1210. The molecule has 2 heterocycles. The van der Waals surface area contributed by atoms with E-state index in [0.717, 1.165) is 15.8 Å². The summed E-state index contributed by atoms with van der Waals surface area (Å²) in [5.74, 6) is 0.857. The molecule has 0 spiro atoms. The lowest BCUT2D eigenvalue weighted by Gasteiger charge is -2.02. The van der Waals surface area contributed by atoms with Gasteiger partial charge in [-0.2, -0.15) is 5.26 Å². The summed E-state index contributed by atoms with van der Waals surface area (Å²) < 4.78 is 11.9. The Morgan fingerprint density at radius 2 is 1.97 bits per heavy atom. The lowest BCUT2D eigenvalue weighted by atomic mass is 10.1. The van der Waals surface area contributed by atoms with Crippen LogP contribution in [0.3, 0.4) is 0 Å². The number of hydrogen-bond acceptors (Lipinski definition) is 6. The molecule has 0 saturated carbocycles. The minimum Gasteiger partial charge on any atom is -0.462 e. The van der Waals surface area contributed by atoms with E-state index >= 15 is 0 Å². The molecule has 6 heteroatoms. The molecule has 5 nitrogen and oxygen atoms in total. The van der Waals surface area contributed by atoms with Crippen LogP contribution in [0.1, 0.15) is 28.0 Å². The van der Waals surface area contributed by atoms with E-state index in [1.54, 1.807) is 43.3 Å². The maximum atomic E-state index is 11.8. The van der Waals surface area contributed by atoms with Crippen LogP contribution in [-0.2, 0) is 4.74 Å². The van der Waals surface area contributed by atoms with Crippen LogP contribution in [0, 0.1) is 11.3 Å². The number of fused-ring (bicyclic) bond motifs is 1. The predicted octanol–water partition coefficient (Wildman–Crippen LogP) is 5.80. The van der Waals surface area contributed by atoms with E-state index in [9.17, 15) is 10.1 Å². The summed E-state index contributed by atoms with van der Waals surface area (Å²) in [6, 6.07) is 20.6. The Morgan fingerprint density at radius 3 is 2.69 bits per heavy atom. The number of carbonyl (C=O) groups excluding carboxylic acids is 1. The molecule has 2 aromatic heterocycles. The van der Waals surface area contributed by atoms with Crippen molar-refractivity contribution in [3.63, 3.8) is 0 Å². The van der Waals surface area contributed by atoms with E-state index in [1.165, 1.54) is 11.3 Å². The fourth-order valence-corrected chi connectivity index (χ4v) is 3.77. The second kappa shape index (κ2) is 8.13. The number of benzene rings is 2. The van der Waals surface area contributed by atoms with Crippen molar-refractivity contribution in [2.75, 3.05) is 6.61 Å². The lowest BCUT2D eigenvalue weighted by Crippen LogP contribution is -2.03. The molecular weight excluding hydrogens is 384 g/mol. The van der Waals surface area contributed by atoms with Crippen LogP contribution in [0.2, 0.25) is 0 Å². The van der Waals surface area contributed by atoms with Gasteiger partial charge in [0.1, 0.15) is 22.6 Å². The zero-order chi connectivity index (χ0) is 20.2. The van der Waals surface area contributed by atoms with Crippen LogP contribution in [0.15, 0.2) is 65.1 Å². The van der Waals surface area contributed by atoms with Gasteiger partial charge >= 0.3 is 5.97 Å². The number of furan rings is 1. The van der Waals surface area contributed by atoms with Crippen molar-refractivity contribution >= 4 is 39.2 Å². The smallest absolute Gasteiger partial charge is 0.338 e. The highest BCUT2D eigenvalue weighted by atomic mass is 32.1. The van der Waals surface area contributed by atoms with Gasteiger partial charge in [0.25, 0.3) is 0 Å². The van der Waals surface area contributed by atoms with Gasteiger partial charge in [0.15, 0.2) is 0 Å². The zero-order valence-corrected chi connectivity index (χ0v) is 16.4. The molecular formula is C23H16N2O3S. The maximum Gasteiger partial charge on any atom is 0.338 e. The van der Waals surface area contributed by atoms with Gasteiger partial charge in [-0.3, -0.25) is 0 Å². The number of para-hydroxylation sites is 1. The van der Waals surface area contributed by atoms with E-state index in [1.807, 2.05) is 30.3 Å². The molecule has 0 saturated heterocycles. The summed E-state index contributed by atoms with van der Waals surface area (Å²) in [6.07, 6.45) is 1.69. The maximum absolute atomic E-state index is 11.8. The molecule has 0 aliphatic carbocycles. The second-order valence-corrected chi connectivity index (χ2v) is 7.19. The number of allylic oxidation sites excluding steroid dienone is 1. The van der Waals surface area contributed by atoms with Gasteiger partial charge in [0.2, 0.25) is 0 Å². The molecule has 0 unspecified atom stereocenters. The molecule has 0 N–H and O–H groups in total. The van der Waals surface area contributed by atoms with Crippen LogP contribution in [0.5, 0.6) is 0 Å². The predicted molar refractivity (Wildman–Crippen MR) is 113 cm³/mol. The summed E-state index contributed by atoms with van der Waals surface area (Å²) in [6.45, 7) is 2.11. The fourth-order valence-electron chi connectivity index (χ4n) is 2.84. The molecule has 29 heavy (non-hydrogen) atoms. The molecule has 2 aromatic carbocycles. The summed E-state index contributed by atoms with van der Waals surface area (Å²) in [5, 5.41) is 10.2. The molecule has 0 atom stereocenters. The molecule has 142 valence electrons. The van der Waals surface area contributed by atoms with Crippen molar-refractivity contribution in [1.29, 1.82) is 5.26 Å². The molecule has 0 aliphatic rings. The number of ether oxygens (including phenoxy) is 1. The average Bonchev–Trinajstić information content (AvgIpc) is 3.39. The third-order valence-electron chi connectivity index (χ3n) is 4.24. The quantitative estimate of drug-likeness (QED) is 0.313. The Labute approximate surface area is 171 Å². The SMILES string of the molecule is CCOC(=O)c1ccc(-c2ccc(/C=C(\C#N)c3nc4ccccc4s3)o2)cc1. The van der Waals surface area contributed by atoms with E-state index in [0.29, 0.717) is 34.3 Å². The van der Waals surface area contributed by atoms with Crippen molar-refractivity contribution in [3.05, 3.63) is 77.0 Å². The van der Waals surface area contributed by atoms with Gasteiger partial charge in [-0.1, -0.05) is 24.3 Å². The monoisotopic (exact) mass is 400 g/mol. The summed E-state index contributed by atoms with van der Waals surface area (Å²) in [5.41, 5.74) is 2.64. The molecule has 0 aliphatic heterocycles. The van der Waals surface area contributed by atoms with Crippen LogP contribution < -0.4 is 0 Å². The number of nitriles is 1. The first kappa shape index (κ1) is 18.7. The number of aromatic nitrogens is 1. The minimum atomic E-state index is -0.350. The fraction of sp³-hybridized carbons (Fsp3) is 0.0870. The van der Waals surface area contributed by atoms with E-state index in [2.05, 4.69) is 11.1 Å². The van der Waals surface area contributed by atoms with Gasteiger partial charge in [-0.05, 0) is 43.3 Å². The number of esters is 1. The first-order valence-corrected chi connectivity index (χ1v) is 9.84. The van der Waals surface area contributed by atoms with Crippen molar-refractivity contribution in [3.8, 4) is 17.4 Å². The van der Waals surface area contributed by atoms with Crippen molar-refractivity contribution in [2.24, 2.45) is 0 Å². The van der Waals surface area contributed by atoms with Gasteiger partial charge in [0.05, 0.1) is 28.0 Å².